The van der Waals surface area contributed by atoms with E-state index >= 15 is 0 Å². The third kappa shape index (κ3) is 2.08. The lowest BCUT2D eigenvalue weighted by molar-refractivity contribution is 0.575. The summed E-state index contributed by atoms with van der Waals surface area (Å²) in [7, 11) is 2.12. The summed E-state index contributed by atoms with van der Waals surface area (Å²) in [5, 5.41) is 3.54. The minimum absolute atomic E-state index is 0.601. The average molecular weight is 308 g/mol. The van der Waals surface area contributed by atoms with Crippen molar-refractivity contribution in [3.8, 4) is 0 Å². The van der Waals surface area contributed by atoms with Crippen LogP contribution in [0, 0.1) is 6.92 Å². The molecule has 1 aliphatic rings. The van der Waals surface area contributed by atoms with Gasteiger partial charge in [0.15, 0.2) is 0 Å². The van der Waals surface area contributed by atoms with Gasteiger partial charge in [0.25, 0.3) is 0 Å². The van der Waals surface area contributed by atoms with Crippen molar-refractivity contribution in [2.75, 3.05) is 6.54 Å². The number of nitrogens with zero attached hydrogens (tertiary/aromatic N) is 2. The number of hydrogen-bond acceptors (Lipinski definition) is 2. The van der Waals surface area contributed by atoms with Crippen molar-refractivity contribution in [1.29, 1.82) is 0 Å². The second kappa shape index (κ2) is 4.67. The first-order chi connectivity index (χ1) is 8.65. The van der Waals surface area contributed by atoms with Crippen molar-refractivity contribution in [1.82, 2.24) is 14.9 Å². The summed E-state index contributed by atoms with van der Waals surface area (Å²) in [5.74, 6) is 1.19. The van der Waals surface area contributed by atoms with E-state index in [-0.39, 0.29) is 0 Å². The molecule has 1 unspecified atom stereocenters. The van der Waals surface area contributed by atoms with Crippen molar-refractivity contribution < 1.29 is 0 Å². The molecule has 0 radical (unpaired) electrons. The third-order valence-corrected chi connectivity index (χ3v) is 4.28. The van der Waals surface area contributed by atoms with E-state index in [1.807, 2.05) is 0 Å². The lowest BCUT2D eigenvalue weighted by Gasteiger charge is -2.09. The molecule has 1 aliphatic heterocycles. The normalized spacial score (nSPS) is 19.8. The van der Waals surface area contributed by atoms with E-state index in [0.717, 1.165) is 23.0 Å². The molecule has 0 saturated carbocycles. The van der Waals surface area contributed by atoms with Gasteiger partial charge in [0.05, 0.1) is 11.0 Å². The van der Waals surface area contributed by atoms with Gasteiger partial charge in [-0.25, -0.2) is 4.98 Å². The SMILES string of the molecule is Cc1cc(Br)cc2c1nc(CC1CCCN1)n2C. The fourth-order valence-electron chi connectivity index (χ4n) is 2.80. The number of halogens is 1. The van der Waals surface area contributed by atoms with Crippen LogP contribution in [0.15, 0.2) is 16.6 Å². The molecule has 2 aromatic rings. The molecule has 2 heterocycles. The van der Waals surface area contributed by atoms with Crippen LogP contribution in [0.3, 0.4) is 0 Å². The molecule has 1 aromatic heterocycles. The maximum absolute atomic E-state index is 4.82. The van der Waals surface area contributed by atoms with Crippen LogP contribution in [0.5, 0.6) is 0 Å². The number of hydrogen-bond donors (Lipinski definition) is 1. The molecule has 1 N–H and O–H groups in total. The molecular weight excluding hydrogens is 290 g/mol. The number of fused-ring (bicyclic) bond motifs is 1. The number of aromatic nitrogens is 2. The standard InChI is InChI=1S/C14H18BrN3/c1-9-6-10(15)7-12-14(9)17-13(18(12)2)8-11-4-3-5-16-11/h6-7,11,16H,3-5,8H2,1-2H3. The Morgan fingerprint density at radius 1 is 1.50 bits per heavy atom. The van der Waals surface area contributed by atoms with Crippen LogP contribution < -0.4 is 5.32 Å². The summed E-state index contributed by atoms with van der Waals surface area (Å²) >= 11 is 3.56. The summed E-state index contributed by atoms with van der Waals surface area (Å²) in [6.45, 7) is 3.27. The Balaban J connectivity index is 2.02. The first-order valence-electron chi connectivity index (χ1n) is 6.50. The second-order valence-electron chi connectivity index (χ2n) is 5.17. The van der Waals surface area contributed by atoms with Gasteiger partial charge < -0.3 is 9.88 Å². The lowest BCUT2D eigenvalue weighted by Crippen LogP contribution is -2.25. The zero-order chi connectivity index (χ0) is 12.7. The highest BCUT2D eigenvalue weighted by Crippen LogP contribution is 2.25. The average Bonchev–Trinajstić information content (AvgIpc) is 2.91. The molecule has 1 atom stereocenters. The van der Waals surface area contributed by atoms with Gasteiger partial charge in [0.2, 0.25) is 0 Å². The number of rotatable bonds is 2. The smallest absolute Gasteiger partial charge is 0.111 e. The molecule has 0 amide bonds. The van der Waals surface area contributed by atoms with Crippen LogP contribution in [0.1, 0.15) is 24.2 Å². The van der Waals surface area contributed by atoms with Crippen molar-refractivity contribution in [2.45, 2.75) is 32.2 Å². The minimum atomic E-state index is 0.601. The third-order valence-electron chi connectivity index (χ3n) is 3.83. The van der Waals surface area contributed by atoms with E-state index in [1.165, 1.54) is 29.7 Å². The van der Waals surface area contributed by atoms with Gasteiger partial charge in [-0.15, -0.1) is 0 Å². The van der Waals surface area contributed by atoms with Crippen LogP contribution in [0.4, 0.5) is 0 Å². The van der Waals surface area contributed by atoms with Gasteiger partial charge in [-0.1, -0.05) is 15.9 Å². The molecular formula is C14H18BrN3. The Morgan fingerprint density at radius 3 is 3.06 bits per heavy atom. The molecule has 0 bridgehead atoms. The molecule has 96 valence electrons. The second-order valence-corrected chi connectivity index (χ2v) is 6.09. The predicted octanol–water partition coefficient (Wildman–Crippen LogP) is 2.94. The first kappa shape index (κ1) is 12.2. The minimum Gasteiger partial charge on any atom is -0.331 e. The molecule has 0 spiro atoms. The van der Waals surface area contributed by atoms with E-state index in [4.69, 9.17) is 4.98 Å². The summed E-state index contributed by atoms with van der Waals surface area (Å²) in [6.07, 6.45) is 3.59. The van der Waals surface area contributed by atoms with Gasteiger partial charge >= 0.3 is 0 Å². The van der Waals surface area contributed by atoms with Crippen molar-refractivity contribution >= 4 is 27.0 Å². The molecule has 0 aliphatic carbocycles. The molecule has 1 aromatic carbocycles. The monoisotopic (exact) mass is 307 g/mol. The van der Waals surface area contributed by atoms with Gasteiger partial charge in [0.1, 0.15) is 5.82 Å². The Bertz CT molecular complexity index is 582. The van der Waals surface area contributed by atoms with Gasteiger partial charge in [-0.2, -0.15) is 0 Å². The number of aryl methyl sites for hydroxylation is 2. The van der Waals surface area contributed by atoms with Crippen molar-refractivity contribution in [3.63, 3.8) is 0 Å². The highest BCUT2D eigenvalue weighted by atomic mass is 79.9. The lowest BCUT2D eigenvalue weighted by atomic mass is 10.1. The summed E-state index contributed by atoms with van der Waals surface area (Å²) < 4.78 is 3.36. The van der Waals surface area contributed by atoms with E-state index in [2.05, 4.69) is 51.9 Å². The van der Waals surface area contributed by atoms with Gasteiger partial charge in [0, 0.05) is 24.0 Å². The van der Waals surface area contributed by atoms with Crippen molar-refractivity contribution in [2.24, 2.45) is 7.05 Å². The molecule has 3 nitrogen and oxygen atoms in total. The Hall–Kier alpha value is -0.870. The quantitative estimate of drug-likeness (QED) is 0.924. The molecule has 1 saturated heterocycles. The summed E-state index contributed by atoms with van der Waals surface area (Å²) in [5.41, 5.74) is 3.59. The molecule has 4 heteroatoms. The zero-order valence-electron chi connectivity index (χ0n) is 10.8. The van der Waals surface area contributed by atoms with Crippen LogP contribution >= 0.6 is 15.9 Å². The van der Waals surface area contributed by atoms with E-state index in [1.54, 1.807) is 0 Å². The molecule has 18 heavy (non-hydrogen) atoms. The summed E-state index contributed by atoms with van der Waals surface area (Å²) in [4.78, 5) is 4.82. The van der Waals surface area contributed by atoms with E-state index in [9.17, 15) is 0 Å². The maximum atomic E-state index is 4.82. The van der Waals surface area contributed by atoms with Gasteiger partial charge in [-0.05, 0) is 44.0 Å². The topological polar surface area (TPSA) is 29.9 Å². The zero-order valence-corrected chi connectivity index (χ0v) is 12.4. The van der Waals surface area contributed by atoms with Crippen LogP contribution in [0.2, 0.25) is 0 Å². The first-order valence-corrected chi connectivity index (χ1v) is 7.29. The molecule has 1 fully saturated rings. The van der Waals surface area contributed by atoms with Crippen molar-refractivity contribution in [3.05, 3.63) is 28.0 Å². The molecule has 3 rings (SSSR count). The Morgan fingerprint density at radius 2 is 2.33 bits per heavy atom. The van der Waals surface area contributed by atoms with E-state index < -0.39 is 0 Å². The number of benzene rings is 1. The Labute approximate surface area is 116 Å². The Kier molecular flexibility index (Phi) is 3.16. The predicted molar refractivity (Wildman–Crippen MR) is 77.9 cm³/mol. The maximum Gasteiger partial charge on any atom is 0.111 e. The van der Waals surface area contributed by atoms with Crippen LogP contribution in [-0.2, 0) is 13.5 Å². The summed E-state index contributed by atoms with van der Waals surface area (Å²) in [6, 6.07) is 4.89. The van der Waals surface area contributed by atoms with Crippen LogP contribution in [0.25, 0.3) is 11.0 Å². The fourth-order valence-corrected chi connectivity index (χ4v) is 3.36. The number of nitrogens with one attached hydrogen (secondary N) is 1. The highest BCUT2D eigenvalue weighted by Gasteiger charge is 2.18. The van der Waals surface area contributed by atoms with Gasteiger partial charge in [-0.3, -0.25) is 0 Å². The number of imidazole rings is 1. The van der Waals surface area contributed by atoms with E-state index in [0.29, 0.717) is 6.04 Å². The highest BCUT2D eigenvalue weighted by molar-refractivity contribution is 9.10. The fraction of sp³-hybridized carbons (Fsp3) is 0.500. The largest absolute Gasteiger partial charge is 0.331 e. The van der Waals surface area contributed by atoms with Crippen LogP contribution in [-0.4, -0.2) is 22.1 Å².